The Bertz CT molecular complexity index is 890. The van der Waals surface area contributed by atoms with Gasteiger partial charge in [-0.2, -0.15) is 0 Å². The van der Waals surface area contributed by atoms with E-state index in [0.717, 1.165) is 16.8 Å². The van der Waals surface area contributed by atoms with Gasteiger partial charge in [-0.25, -0.2) is 4.98 Å². The van der Waals surface area contributed by atoms with Gasteiger partial charge in [0.25, 0.3) is 5.56 Å². The lowest BCUT2D eigenvalue weighted by Crippen LogP contribution is -2.17. The number of rotatable bonds is 2. The van der Waals surface area contributed by atoms with Crippen LogP contribution in [0, 0.1) is 0 Å². The van der Waals surface area contributed by atoms with E-state index in [2.05, 4.69) is 9.97 Å². The van der Waals surface area contributed by atoms with Crippen LogP contribution < -0.4 is 5.56 Å². The Hall–Kier alpha value is -2.53. The summed E-state index contributed by atoms with van der Waals surface area (Å²) in [5, 5.41) is 10.5. The van der Waals surface area contributed by atoms with Crippen molar-refractivity contribution in [1.29, 1.82) is 0 Å². The SMILES string of the molecule is Cn1cnc2cc(-c3ccc(C(C)(C)O)cc3)ncc2c1=O. The zero-order valence-corrected chi connectivity index (χ0v) is 12.7. The number of nitrogens with zero attached hydrogens (tertiary/aromatic N) is 3. The number of fused-ring (bicyclic) bond motifs is 1. The highest BCUT2D eigenvalue weighted by Crippen LogP contribution is 2.24. The minimum Gasteiger partial charge on any atom is -0.386 e. The highest BCUT2D eigenvalue weighted by atomic mass is 16.3. The van der Waals surface area contributed by atoms with E-state index >= 15 is 0 Å². The van der Waals surface area contributed by atoms with Gasteiger partial charge in [0.05, 0.1) is 28.5 Å². The minimum absolute atomic E-state index is 0.110. The van der Waals surface area contributed by atoms with E-state index in [4.69, 9.17) is 0 Å². The average Bonchev–Trinajstić information content (AvgIpc) is 2.50. The van der Waals surface area contributed by atoms with E-state index in [-0.39, 0.29) is 5.56 Å². The van der Waals surface area contributed by atoms with Gasteiger partial charge in [0.2, 0.25) is 0 Å². The third kappa shape index (κ3) is 2.51. The van der Waals surface area contributed by atoms with Crippen molar-refractivity contribution in [1.82, 2.24) is 14.5 Å². The van der Waals surface area contributed by atoms with Crippen molar-refractivity contribution < 1.29 is 5.11 Å². The van der Waals surface area contributed by atoms with Gasteiger partial charge in [-0.05, 0) is 25.5 Å². The quantitative estimate of drug-likeness (QED) is 0.787. The molecule has 5 nitrogen and oxygen atoms in total. The third-order valence-corrected chi connectivity index (χ3v) is 3.69. The summed E-state index contributed by atoms with van der Waals surface area (Å²) in [5.74, 6) is 0. The molecule has 0 spiro atoms. The molecule has 0 radical (unpaired) electrons. The first-order chi connectivity index (χ1) is 10.4. The van der Waals surface area contributed by atoms with Crippen LogP contribution in [0.25, 0.3) is 22.2 Å². The lowest BCUT2D eigenvalue weighted by molar-refractivity contribution is 0.0786. The lowest BCUT2D eigenvalue weighted by atomic mass is 9.96. The number of aryl methyl sites for hydroxylation is 1. The normalized spacial score (nSPS) is 11.8. The van der Waals surface area contributed by atoms with Gasteiger partial charge in [-0.15, -0.1) is 0 Å². The van der Waals surface area contributed by atoms with E-state index in [1.54, 1.807) is 33.2 Å². The van der Waals surface area contributed by atoms with Crippen molar-refractivity contribution in [2.75, 3.05) is 0 Å². The molecule has 0 bridgehead atoms. The molecule has 0 saturated carbocycles. The van der Waals surface area contributed by atoms with E-state index in [9.17, 15) is 9.90 Å². The van der Waals surface area contributed by atoms with Crippen molar-refractivity contribution in [2.24, 2.45) is 7.05 Å². The Labute approximate surface area is 127 Å². The highest BCUT2D eigenvalue weighted by Gasteiger charge is 2.15. The summed E-state index contributed by atoms with van der Waals surface area (Å²) in [6.07, 6.45) is 3.07. The summed E-state index contributed by atoms with van der Waals surface area (Å²) in [6, 6.07) is 9.36. The molecule has 0 amide bonds. The Morgan fingerprint density at radius 3 is 2.45 bits per heavy atom. The smallest absolute Gasteiger partial charge is 0.262 e. The zero-order chi connectivity index (χ0) is 15.9. The first-order valence-corrected chi connectivity index (χ1v) is 7.01. The first-order valence-electron chi connectivity index (χ1n) is 7.01. The monoisotopic (exact) mass is 295 g/mol. The van der Waals surface area contributed by atoms with Crippen molar-refractivity contribution in [2.45, 2.75) is 19.4 Å². The Morgan fingerprint density at radius 2 is 1.82 bits per heavy atom. The summed E-state index contributed by atoms with van der Waals surface area (Å²) in [5.41, 5.74) is 2.14. The maximum atomic E-state index is 12.0. The zero-order valence-electron chi connectivity index (χ0n) is 12.7. The first kappa shape index (κ1) is 14.4. The van der Waals surface area contributed by atoms with Gasteiger partial charge in [-0.1, -0.05) is 24.3 Å². The maximum Gasteiger partial charge on any atom is 0.262 e. The largest absolute Gasteiger partial charge is 0.386 e. The summed E-state index contributed by atoms with van der Waals surface area (Å²) in [6.45, 7) is 3.49. The second-order valence-electron chi connectivity index (χ2n) is 5.88. The third-order valence-electron chi connectivity index (χ3n) is 3.69. The van der Waals surface area contributed by atoms with Crippen LogP contribution in [0.3, 0.4) is 0 Å². The molecule has 0 aliphatic heterocycles. The van der Waals surface area contributed by atoms with Crippen molar-refractivity contribution in [3.63, 3.8) is 0 Å². The maximum absolute atomic E-state index is 12.0. The number of pyridine rings is 1. The average molecular weight is 295 g/mol. The Balaban J connectivity index is 2.07. The molecule has 2 heterocycles. The van der Waals surface area contributed by atoms with Crippen LogP contribution in [0.15, 0.2) is 47.7 Å². The topological polar surface area (TPSA) is 68.0 Å². The molecule has 0 fully saturated rings. The fourth-order valence-corrected chi connectivity index (χ4v) is 2.31. The van der Waals surface area contributed by atoms with Gasteiger partial charge < -0.3 is 9.67 Å². The summed E-state index contributed by atoms with van der Waals surface area (Å²) in [7, 11) is 1.66. The number of hydrogen-bond donors (Lipinski definition) is 1. The van der Waals surface area contributed by atoms with E-state index in [1.807, 2.05) is 24.3 Å². The van der Waals surface area contributed by atoms with Gasteiger partial charge in [-0.3, -0.25) is 9.78 Å². The standard InChI is InChI=1S/C17H17N3O2/c1-17(2,22)12-6-4-11(5-7-12)14-8-15-13(9-18-14)16(21)20(3)10-19-15/h4-10,22H,1-3H3. The van der Waals surface area contributed by atoms with Crippen LogP contribution in [0.5, 0.6) is 0 Å². The van der Waals surface area contributed by atoms with Crippen LogP contribution in [-0.4, -0.2) is 19.6 Å². The van der Waals surface area contributed by atoms with E-state index in [1.165, 1.54) is 10.9 Å². The summed E-state index contributed by atoms with van der Waals surface area (Å²) >= 11 is 0. The minimum atomic E-state index is -0.872. The Kier molecular flexibility index (Phi) is 3.30. The van der Waals surface area contributed by atoms with Crippen molar-refractivity contribution in [3.05, 3.63) is 58.8 Å². The van der Waals surface area contributed by atoms with Crippen molar-refractivity contribution in [3.8, 4) is 11.3 Å². The molecule has 0 aliphatic carbocycles. The fourth-order valence-electron chi connectivity index (χ4n) is 2.31. The number of aliphatic hydroxyl groups is 1. The van der Waals surface area contributed by atoms with Crippen LogP contribution in [0.4, 0.5) is 0 Å². The van der Waals surface area contributed by atoms with Gasteiger partial charge >= 0.3 is 0 Å². The molecular weight excluding hydrogens is 278 g/mol. The van der Waals surface area contributed by atoms with Crippen LogP contribution in [0.1, 0.15) is 19.4 Å². The molecular formula is C17H17N3O2. The molecule has 3 rings (SSSR count). The molecule has 0 unspecified atom stereocenters. The van der Waals surface area contributed by atoms with E-state index in [0.29, 0.717) is 10.9 Å². The van der Waals surface area contributed by atoms with Gasteiger partial charge in [0, 0.05) is 18.8 Å². The molecule has 5 heteroatoms. The lowest BCUT2D eigenvalue weighted by Gasteiger charge is -2.17. The fraction of sp³-hybridized carbons (Fsp3) is 0.235. The van der Waals surface area contributed by atoms with Crippen LogP contribution in [0.2, 0.25) is 0 Å². The Morgan fingerprint density at radius 1 is 1.14 bits per heavy atom. The number of aromatic nitrogens is 3. The van der Waals surface area contributed by atoms with Crippen LogP contribution >= 0.6 is 0 Å². The number of benzene rings is 1. The molecule has 1 aromatic carbocycles. The van der Waals surface area contributed by atoms with Crippen LogP contribution in [-0.2, 0) is 12.6 Å². The molecule has 0 saturated heterocycles. The van der Waals surface area contributed by atoms with E-state index < -0.39 is 5.60 Å². The molecule has 2 aromatic heterocycles. The van der Waals surface area contributed by atoms with Gasteiger partial charge in [0.1, 0.15) is 0 Å². The highest BCUT2D eigenvalue weighted by molar-refractivity contribution is 5.80. The van der Waals surface area contributed by atoms with Crippen molar-refractivity contribution >= 4 is 10.9 Å². The predicted molar refractivity (Wildman–Crippen MR) is 85.5 cm³/mol. The summed E-state index contributed by atoms with van der Waals surface area (Å²) in [4.78, 5) is 20.6. The molecule has 1 N–H and O–H groups in total. The van der Waals surface area contributed by atoms with Gasteiger partial charge in [0.15, 0.2) is 0 Å². The summed E-state index contributed by atoms with van der Waals surface area (Å²) < 4.78 is 1.43. The second-order valence-corrected chi connectivity index (χ2v) is 5.88. The molecule has 112 valence electrons. The molecule has 0 atom stereocenters. The number of hydrogen-bond acceptors (Lipinski definition) is 4. The predicted octanol–water partition coefficient (Wildman–Crippen LogP) is 2.22. The molecule has 22 heavy (non-hydrogen) atoms. The molecule has 0 aliphatic rings. The molecule has 3 aromatic rings. The second kappa shape index (κ2) is 5.03.